The predicted octanol–water partition coefficient (Wildman–Crippen LogP) is 2.06. The van der Waals surface area contributed by atoms with E-state index in [0.717, 1.165) is 18.8 Å². The molecule has 2 rings (SSSR count). The van der Waals surface area contributed by atoms with Crippen LogP contribution in [0.2, 0.25) is 0 Å². The normalized spacial score (nSPS) is 23.3. The Kier molecular flexibility index (Phi) is 3.80. The van der Waals surface area contributed by atoms with Crippen molar-refractivity contribution < 1.29 is 9.90 Å². The number of benzene rings is 1. The number of aliphatic carboxylic acids is 1. The van der Waals surface area contributed by atoms with Crippen LogP contribution in [-0.2, 0) is 4.79 Å². The first-order chi connectivity index (χ1) is 8.90. The van der Waals surface area contributed by atoms with Crippen LogP contribution in [0, 0.1) is 0 Å². The van der Waals surface area contributed by atoms with E-state index in [1.54, 1.807) is 0 Å². The van der Waals surface area contributed by atoms with Crippen molar-refractivity contribution >= 4 is 11.7 Å². The third-order valence-corrected chi connectivity index (χ3v) is 3.86. The zero-order valence-corrected chi connectivity index (χ0v) is 11.8. The van der Waals surface area contributed by atoms with E-state index in [9.17, 15) is 4.79 Å². The van der Waals surface area contributed by atoms with Crippen LogP contribution in [-0.4, -0.2) is 47.7 Å². The molecule has 1 aliphatic rings. The minimum atomic E-state index is -0.732. The molecule has 1 aliphatic heterocycles. The zero-order valence-electron chi connectivity index (χ0n) is 11.8. The number of carbonyl (C=O) groups is 1. The molecule has 0 aromatic heterocycles. The molecule has 1 saturated heterocycles. The van der Waals surface area contributed by atoms with Crippen LogP contribution in [0.15, 0.2) is 30.3 Å². The van der Waals surface area contributed by atoms with Crippen molar-refractivity contribution in [2.75, 3.05) is 25.0 Å². The summed E-state index contributed by atoms with van der Waals surface area (Å²) < 4.78 is 0. The Balaban J connectivity index is 2.23. The summed E-state index contributed by atoms with van der Waals surface area (Å²) in [5.74, 6) is -0.732. The van der Waals surface area contributed by atoms with Gasteiger partial charge in [-0.3, -0.25) is 9.69 Å². The molecule has 0 bridgehead atoms. The van der Waals surface area contributed by atoms with E-state index in [0.29, 0.717) is 0 Å². The maximum atomic E-state index is 11.0. The molecule has 0 radical (unpaired) electrons. The first kappa shape index (κ1) is 13.9. The summed E-state index contributed by atoms with van der Waals surface area (Å²) in [6, 6.07) is 10.3. The average Bonchev–Trinajstić information content (AvgIpc) is 2.32. The Morgan fingerprint density at radius 3 is 2.58 bits per heavy atom. The van der Waals surface area contributed by atoms with Gasteiger partial charge in [-0.15, -0.1) is 0 Å². The first-order valence-corrected chi connectivity index (χ1v) is 6.65. The fourth-order valence-corrected chi connectivity index (χ4v) is 2.91. The standard InChI is InChI=1S/C15H22N2O2/c1-15(2)11-16(3)13(9-14(18)19)10-17(15)12-7-5-4-6-8-12/h4-8,13H,9-11H2,1-3H3,(H,18,19). The molecule has 1 aromatic rings. The van der Waals surface area contributed by atoms with Gasteiger partial charge in [0.25, 0.3) is 0 Å². The molecule has 1 unspecified atom stereocenters. The number of hydrogen-bond acceptors (Lipinski definition) is 3. The summed E-state index contributed by atoms with van der Waals surface area (Å²) in [5, 5.41) is 9.03. The van der Waals surface area contributed by atoms with E-state index in [1.165, 1.54) is 0 Å². The second-order valence-electron chi connectivity index (χ2n) is 5.93. The van der Waals surface area contributed by atoms with Crippen molar-refractivity contribution in [3.05, 3.63) is 30.3 Å². The number of likely N-dealkylation sites (N-methyl/N-ethyl adjacent to an activating group) is 1. The summed E-state index contributed by atoms with van der Waals surface area (Å²) >= 11 is 0. The van der Waals surface area contributed by atoms with Gasteiger partial charge in [-0.1, -0.05) is 18.2 Å². The molecule has 104 valence electrons. The van der Waals surface area contributed by atoms with Crippen LogP contribution >= 0.6 is 0 Å². The second-order valence-corrected chi connectivity index (χ2v) is 5.93. The molecule has 1 heterocycles. The highest BCUT2D eigenvalue weighted by molar-refractivity contribution is 5.68. The summed E-state index contributed by atoms with van der Waals surface area (Å²) in [6.07, 6.45) is 0.190. The first-order valence-electron chi connectivity index (χ1n) is 6.65. The van der Waals surface area contributed by atoms with Crippen molar-refractivity contribution in [3.63, 3.8) is 0 Å². The molecular formula is C15H22N2O2. The quantitative estimate of drug-likeness (QED) is 0.905. The minimum Gasteiger partial charge on any atom is -0.481 e. The molecular weight excluding hydrogens is 240 g/mol. The van der Waals surface area contributed by atoms with Gasteiger partial charge in [0, 0.05) is 30.4 Å². The number of nitrogens with zero attached hydrogens (tertiary/aromatic N) is 2. The van der Waals surface area contributed by atoms with Crippen molar-refractivity contribution in [3.8, 4) is 0 Å². The lowest BCUT2D eigenvalue weighted by atomic mass is 9.94. The van der Waals surface area contributed by atoms with Crippen LogP contribution in [0.4, 0.5) is 5.69 Å². The Labute approximate surface area is 114 Å². The fourth-order valence-electron chi connectivity index (χ4n) is 2.91. The summed E-state index contributed by atoms with van der Waals surface area (Å²) in [6.45, 7) is 6.01. The van der Waals surface area contributed by atoms with E-state index in [1.807, 2.05) is 25.2 Å². The van der Waals surface area contributed by atoms with E-state index >= 15 is 0 Å². The maximum absolute atomic E-state index is 11.0. The van der Waals surface area contributed by atoms with Gasteiger partial charge in [0.05, 0.1) is 6.42 Å². The lowest BCUT2D eigenvalue weighted by Gasteiger charge is -2.51. The average molecular weight is 262 g/mol. The van der Waals surface area contributed by atoms with Gasteiger partial charge in [-0.2, -0.15) is 0 Å². The summed E-state index contributed by atoms with van der Waals surface area (Å²) in [5.41, 5.74) is 1.17. The number of hydrogen-bond donors (Lipinski definition) is 1. The van der Waals surface area contributed by atoms with Crippen LogP contribution in [0.3, 0.4) is 0 Å². The smallest absolute Gasteiger partial charge is 0.305 e. The number of rotatable bonds is 3. The number of carboxylic acids is 1. The number of anilines is 1. The molecule has 1 atom stereocenters. The van der Waals surface area contributed by atoms with Crippen molar-refractivity contribution in [1.29, 1.82) is 0 Å². The lowest BCUT2D eigenvalue weighted by molar-refractivity contribution is -0.138. The topological polar surface area (TPSA) is 43.8 Å². The maximum Gasteiger partial charge on any atom is 0.305 e. The van der Waals surface area contributed by atoms with Gasteiger partial charge in [0.1, 0.15) is 0 Å². The Hall–Kier alpha value is -1.55. The molecule has 4 nitrogen and oxygen atoms in total. The zero-order chi connectivity index (χ0) is 14.0. The fraction of sp³-hybridized carbons (Fsp3) is 0.533. The number of para-hydroxylation sites is 1. The van der Waals surface area contributed by atoms with Crippen LogP contribution in [0.25, 0.3) is 0 Å². The van der Waals surface area contributed by atoms with Gasteiger partial charge < -0.3 is 10.0 Å². The Morgan fingerprint density at radius 1 is 1.37 bits per heavy atom. The van der Waals surface area contributed by atoms with E-state index < -0.39 is 5.97 Å². The Morgan fingerprint density at radius 2 is 2.00 bits per heavy atom. The molecule has 1 aromatic carbocycles. The van der Waals surface area contributed by atoms with Gasteiger partial charge in [0.2, 0.25) is 0 Å². The third-order valence-electron chi connectivity index (χ3n) is 3.86. The molecule has 19 heavy (non-hydrogen) atoms. The van der Waals surface area contributed by atoms with Crippen molar-refractivity contribution in [1.82, 2.24) is 4.90 Å². The number of piperazine rings is 1. The van der Waals surface area contributed by atoms with Crippen LogP contribution < -0.4 is 4.90 Å². The molecule has 0 amide bonds. The number of carboxylic acid groups (broad SMARTS) is 1. The molecule has 0 spiro atoms. The minimum absolute atomic E-state index is 0.00507. The highest BCUT2D eigenvalue weighted by Gasteiger charge is 2.38. The van der Waals surface area contributed by atoms with Gasteiger partial charge in [-0.05, 0) is 33.0 Å². The van der Waals surface area contributed by atoms with E-state index in [2.05, 4.69) is 35.8 Å². The molecule has 0 saturated carbocycles. The van der Waals surface area contributed by atoms with E-state index in [4.69, 9.17) is 5.11 Å². The van der Waals surface area contributed by atoms with Gasteiger partial charge in [0.15, 0.2) is 0 Å². The SMILES string of the molecule is CN1CC(C)(C)N(c2ccccc2)CC1CC(=O)O. The van der Waals surface area contributed by atoms with Crippen LogP contribution in [0.5, 0.6) is 0 Å². The second kappa shape index (κ2) is 5.21. The van der Waals surface area contributed by atoms with Gasteiger partial charge in [-0.25, -0.2) is 0 Å². The molecule has 1 fully saturated rings. The largest absolute Gasteiger partial charge is 0.481 e. The lowest BCUT2D eigenvalue weighted by Crippen LogP contribution is -2.62. The third kappa shape index (κ3) is 3.07. The molecule has 1 N–H and O–H groups in total. The molecule has 4 heteroatoms. The Bertz CT molecular complexity index is 445. The molecule has 0 aliphatic carbocycles. The predicted molar refractivity (Wildman–Crippen MR) is 76.5 cm³/mol. The van der Waals surface area contributed by atoms with E-state index in [-0.39, 0.29) is 18.0 Å². The van der Waals surface area contributed by atoms with Gasteiger partial charge >= 0.3 is 5.97 Å². The summed E-state index contributed by atoms with van der Waals surface area (Å²) in [7, 11) is 2.01. The van der Waals surface area contributed by atoms with Crippen molar-refractivity contribution in [2.45, 2.75) is 31.8 Å². The van der Waals surface area contributed by atoms with Crippen LogP contribution in [0.1, 0.15) is 20.3 Å². The highest BCUT2D eigenvalue weighted by atomic mass is 16.4. The van der Waals surface area contributed by atoms with Crippen molar-refractivity contribution in [2.24, 2.45) is 0 Å². The monoisotopic (exact) mass is 262 g/mol. The highest BCUT2D eigenvalue weighted by Crippen LogP contribution is 2.30. The summed E-state index contributed by atoms with van der Waals surface area (Å²) in [4.78, 5) is 15.5.